The molecule has 0 radical (unpaired) electrons. The summed E-state index contributed by atoms with van der Waals surface area (Å²) in [6.45, 7) is 5.27. The zero-order valence-corrected chi connectivity index (χ0v) is 13.9. The van der Waals surface area contributed by atoms with Crippen LogP contribution in [0.1, 0.15) is 31.9 Å². The van der Waals surface area contributed by atoms with Gasteiger partial charge in [0.1, 0.15) is 5.75 Å². The Morgan fingerprint density at radius 3 is 2.41 bits per heavy atom. The van der Waals surface area contributed by atoms with Crippen molar-refractivity contribution >= 4 is 12.4 Å². The predicted molar refractivity (Wildman–Crippen MR) is 87.0 cm³/mol. The lowest BCUT2D eigenvalue weighted by Gasteiger charge is -2.36. The Hall–Kier alpha value is -0.910. The molecule has 126 valence electrons. The van der Waals surface area contributed by atoms with Crippen molar-refractivity contribution in [1.82, 2.24) is 10.2 Å². The molecular weight excluding hydrogens is 310 g/mol. The Bertz CT molecular complexity index is 440. The predicted octanol–water partition coefficient (Wildman–Crippen LogP) is 3.70. The van der Waals surface area contributed by atoms with Gasteiger partial charge < -0.3 is 10.1 Å². The number of hydrogen-bond donors (Lipinski definition) is 1. The number of nitrogens with one attached hydrogen (secondary N) is 1. The van der Waals surface area contributed by atoms with Crippen molar-refractivity contribution < 1.29 is 13.5 Å². The lowest BCUT2D eigenvalue weighted by molar-refractivity contribution is -0.0513. The summed E-state index contributed by atoms with van der Waals surface area (Å²) in [6.07, 6.45) is 0.934. The molecule has 1 aromatic rings. The van der Waals surface area contributed by atoms with Gasteiger partial charge in [0.05, 0.1) is 0 Å². The minimum absolute atomic E-state index is 0. The summed E-state index contributed by atoms with van der Waals surface area (Å²) < 4.78 is 30.0. The first-order valence-corrected chi connectivity index (χ1v) is 7.56. The number of halogens is 3. The highest BCUT2D eigenvalue weighted by molar-refractivity contribution is 5.85. The van der Waals surface area contributed by atoms with Crippen LogP contribution in [0.4, 0.5) is 8.78 Å². The van der Waals surface area contributed by atoms with Crippen molar-refractivity contribution in [2.24, 2.45) is 5.92 Å². The van der Waals surface area contributed by atoms with Crippen LogP contribution < -0.4 is 10.1 Å². The first-order valence-electron chi connectivity index (χ1n) is 7.56. The van der Waals surface area contributed by atoms with E-state index >= 15 is 0 Å². The maximum absolute atomic E-state index is 12.6. The van der Waals surface area contributed by atoms with Crippen LogP contribution in [-0.4, -0.2) is 37.7 Å². The molecule has 0 unspecified atom stereocenters. The maximum atomic E-state index is 12.6. The molecule has 1 aliphatic rings. The van der Waals surface area contributed by atoms with Crippen LogP contribution in [0.3, 0.4) is 0 Å². The highest BCUT2D eigenvalue weighted by Gasteiger charge is 2.26. The van der Waals surface area contributed by atoms with Gasteiger partial charge in [-0.05, 0) is 18.4 Å². The first-order chi connectivity index (χ1) is 10.1. The van der Waals surface area contributed by atoms with E-state index in [1.807, 2.05) is 12.1 Å². The molecule has 1 heterocycles. The molecule has 1 N–H and O–H groups in total. The van der Waals surface area contributed by atoms with E-state index in [-0.39, 0.29) is 18.4 Å². The largest absolute Gasteiger partial charge is 0.434 e. The number of para-hydroxylation sites is 1. The number of ether oxygens (including phenoxy) is 1. The van der Waals surface area contributed by atoms with Crippen LogP contribution in [0.15, 0.2) is 24.3 Å². The van der Waals surface area contributed by atoms with E-state index in [9.17, 15) is 8.78 Å². The van der Waals surface area contributed by atoms with E-state index in [0.717, 1.165) is 38.2 Å². The molecule has 1 aliphatic heterocycles. The average molecular weight is 335 g/mol. The van der Waals surface area contributed by atoms with Gasteiger partial charge in [0.2, 0.25) is 0 Å². The molecule has 0 aromatic heterocycles. The summed E-state index contributed by atoms with van der Waals surface area (Å²) in [6, 6.07) is 7.31. The fourth-order valence-electron chi connectivity index (χ4n) is 2.87. The first kappa shape index (κ1) is 19.1. The minimum Gasteiger partial charge on any atom is -0.434 e. The van der Waals surface area contributed by atoms with Crippen molar-refractivity contribution in [2.75, 3.05) is 26.2 Å². The van der Waals surface area contributed by atoms with E-state index < -0.39 is 6.61 Å². The van der Waals surface area contributed by atoms with Crippen LogP contribution in [0.5, 0.6) is 5.75 Å². The number of rotatable bonds is 6. The van der Waals surface area contributed by atoms with Gasteiger partial charge in [0, 0.05) is 37.8 Å². The third kappa shape index (κ3) is 5.38. The lowest BCUT2D eigenvalue weighted by Crippen LogP contribution is -2.45. The molecule has 6 heteroatoms. The second kappa shape index (κ2) is 9.28. The molecule has 1 saturated heterocycles. The number of piperazine rings is 1. The Labute approximate surface area is 137 Å². The van der Waals surface area contributed by atoms with Crippen LogP contribution in [-0.2, 0) is 0 Å². The van der Waals surface area contributed by atoms with Gasteiger partial charge in [-0.1, -0.05) is 32.0 Å². The van der Waals surface area contributed by atoms with E-state index in [0.29, 0.717) is 11.7 Å². The SMILES string of the molecule is CC(C)C[C@@H](c1ccccc1OC(F)F)N1CCNCC1.Cl. The highest BCUT2D eigenvalue weighted by atomic mass is 35.5. The Morgan fingerprint density at radius 2 is 1.82 bits per heavy atom. The number of benzene rings is 1. The zero-order valence-electron chi connectivity index (χ0n) is 13.1. The topological polar surface area (TPSA) is 24.5 Å². The van der Waals surface area contributed by atoms with Crippen LogP contribution in [0.2, 0.25) is 0 Å². The molecule has 2 rings (SSSR count). The quantitative estimate of drug-likeness (QED) is 0.858. The minimum atomic E-state index is -2.78. The number of alkyl halides is 2. The van der Waals surface area contributed by atoms with Gasteiger partial charge in [-0.15, -0.1) is 12.4 Å². The molecule has 22 heavy (non-hydrogen) atoms. The van der Waals surface area contributed by atoms with Crippen LogP contribution in [0, 0.1) is 5.92 Å². The summed E-state index contributed by atoms with van der Waals surface area (Å²) in [5, 5.41) is 3.33. The molecule has 1 aromatic carbocycles. The van der Waals surface area contributed by atoms with E-state index in [4.69, 9.17) is 4.74 Å². The summed E-state index contributed by atoms with van der Waals surface area (Å²) >= 11 is 0. The summed E-state index contributed by atoms with van der Waals surface area (Å²) in [4.78, 5) is 2.37. The fraction of sp³-hybridized carbons (Fsp3) is 0.625. The van der Waals surface area contributed by atoms with Crippen molar-refractivity contribution in [3.05, 3.63) is 29.8 Å². The van der Waals surface area contributed by atoms with Crippen molar-refractivity contribution in [3.8, 4) is 5.75 Å². The lowest BCUT2D eigenvalue weighted by atomic mass is 9.94. The second-order valence-electron chi connectivity index (χ2n) is 5.85. The molecule has 1 fully saturated rings. The third-order valence-corrected chi connectivity index (χ3v) is 3.78. The Balaban J connectivity index is 0.00000242. The summed E-state index contributed by atoms with van der Waals surface area (Å²) in [5.74, 6) is 0.793. The molecule has 0 bridgehead atoms. The van der Waals surface area contributed by atoms with E-state index in [1.54, 1.807) is 12.1 Å². The number of nitrogens with zero attached hydrogens (tertiary/aromatic N) is 1. The van der Waals surface area contributed by atoms with Gasteiger partial charge in [-0.25, -0.2) is 0 Å². The molecule has 3 nitrogen and oxygen atoms in total. The van der Waals surface area contributed by atoms with Gasteiger partial charge in [-0.3, -0.25) is 4.90 Å². The number of hydrogen-bond acceptors (Lipinski definition) is 3. The van der Waals surface area contributed by atoms with Crippen molar-refractivity contribution in [1.29, 1.82) is 0 Å². The average Bonchev–Trinajstić information content (AvgIpc) is 2.46. The monoisotopic (exact) mass is 334 g/mol. The van der Waals surface area contributed by atoms with Crippen LogP contribution >= 0.6 is 12.4 Å². The van der Waals surface area contributed by atoms with Gasteiger partial charge in [0.25, 0.3) is 0 Å². The molecule has 1 atom stereocenters. The highest BCUT2D eigenvalue weighted by Crippen LogP contribution is 2.34. The normalized spacial score (nSPS) is 17.4. The van der Waals surface area contributed by atoms with E-state index in [2.05, 4.69) is 24.1 Å². The molecular formula is C16H25ClF2N2O. The molecule has 0 aliphatic carbocycles. The fourth-order valence-corrected chi connectivity index (χ4v) is 2.87. The zero-order chi connectivity index (χ0) is 15.2. The second-order valence-corrected chi connectivity index (χ2v) is 5.85. The van der Waals surface area contributed by atoms with E-state index in [1.165, 1.54) is 0 Å². The smallest absolute Gasteiger partial charge is 0.387 e. The summed E-state index contributed by atoms with van der Waals surface area (Å²) in [7, 11) is 0. The maximum Gasteiger partial charge on any atom is 0.387 e. The van der Waals surface area contributed by atoms with Crippen molar-refractivity contribution in [3.63, 3.8) is 0 Å². The Kier molecular flexibility index (Phi) is 8.07. The molecule has 0 saturated carbocycles. The molecule has 0 amide bonds. The standard InChI is InChI=1S/C16H24F2N2O.ClH/c1-12(2)11-14(20-9-7-19-8-10-20)13-5-3-4-6-15(13)21-16(17)18;/h3-6,12,14,16,19H,7-11H2,1-2H3;1H/t14-;/m0./s1. The van der Waals surface area contributed by atoms with Gasteiger partial charge >= 0.3 is 6.61 Å². The van der Waals surface area contributed by atoms with Gasteiger partial charge in [0.15, 0.2) is 0 Å². The Morgan fingerprint density at radius 1 is 1.18 bits per heavy atom. The van der Waals surface area contributed by atoms with Gasteiger partial charge in [-0.2, -0.15) is 8.78 Å². The third-order valence-electron chi connectivity index (χ3n) is 3.78. The van der Waals surface area contributed by atoms with Crippen molar-refractivity contribution in [2.45, 2.75) is 32.9 Å². The van der Waals surface area contributed by atoms with Crippen LogP contribution in [0.25, 0.3) is 0 Å². The molecule has 0 spiro atoms. The summed E-state index contributed by atoms with van der Waals surface area (Å²) in [5.41, 5.74) is 0.869.